The smallest absolute Gasteiger partial charge is 0.306 e. The zero-order valence-corrected chi connectivity index (χ0v) is 8.69. The molecule has 0 saturated heterocycles. The standard InChI is InChI=1S/C8H15BrO2/c1-3-5-11-8(10)6-7(9)4-2/h7H,3-6H2,1-2H3. The van der Waals surface area contributed by atoms with Gasteiger partial charge in [-0.05, 0) is 12.8 Å². The molecule has 0 radical (unpaired) electrons. The quantitative estimate of drug-likeness (QED) is 0.528. The molecule has 0 bridgehead atoms. The van der Waals surface area contributed by atoms with Crippen LogP contribution in [0.25, 0.3) is 0 Å². The van der Waals surface area contributed by atoms with E-state index in [2.05, 4.69) is 15.9 Å². The Bertz CT molecular complexity index is 115. The monoisotopic (exact) mass is 222 g/mol. The largest absolute Gasteiger partial charge is 0.466 e. The van der Waals surface area contributed by atoms with Crippen molar-refractivity contribution < 1.29 is 9.53 Å². The summed E-state index contributed by atoms with van der Waals surface area (Å²) in [7, 11) is 0. The van der Waals surface area contributed by atoms with E-state index in [0.717, 1.165) is 12.8 Å². The average molecular weight is 223 g/mol. The first-order valence-electron chi connectivity index (χ1n) is 4.00. The molecular weight excluding hydrogens is 208 g/mol. The fraction of sp³-hybridized carbons (Fsp3) is 0.875. The van der Waals surface area contributed by atoms with Crippen molar-refractivity contribution in [1.29, 1.82) is 0 Å². The highest BCUT2D eigenvalue weighted by Gasteiger charge is 2.08. The van der Waals surface area contributed by atoms with E-state index in [1.807, 2.05) is 13.8 Å². The molecule has 0 aromatic rings. The van der Waals surface area contributed by atoms with Gasteiger partial charge in [0, 0.05) is 4.83 Å². The number of halogens is 1. The minimum atomic E-state index is -0.101. The lowest BCUT2D eigenvalue weighted by molar-refractivity contribution is -0.143. The molecule has 1 atom stereocenters. The van der Waals surface area contributed by atoms with Crippen molar-refractivity contribution in [2.75, 3.05) is 6.61 Å². The van der Waals surface area contributed by atoms with Crippen LogP contribution in [-0.2, 0) is 9.53 Å². The van der Waals surface area contributed by atoms with Gasteiger partial charge in [-0.1, -0.05) is 29.8 Å². The Morgan fingerprint density at radius 1 is 1.55 bits per heavy atom. The highest BCUT2D eigenvalue weighted by molar-refractivity contribution is 9.09. The number of carbonyl (C=O) groups excluding carboxylic acids is 1. The Balaban J connectivity index is 3.36. The Kier molecular flexibility index (Phi) is 6.62. The Hall–Kier alpha value is -0.0500. The van der Waals surface area contributed by atoms with Crippen molar-refractivity contribution in [1.82, 2.24) is 0 Å². The third-order valence-electron chi connectivity index (χ3n) is 1.30. The first kappa shape index (κ1) is 11.0. The van der Waals surface area contributed by atoms with Gasteiger partial charge in [0.15, 0.2) is 0 Å². The fourth-order valence-corrected chi connectivity index (χ4v) is 0.864. The molecule has 0 aliphatic rings. The highest BCUT2D eigenvalue weighted by atomic mass is 79.9. The lowest BCUT2D eigenvalue weighted by Gasteiger charge is -2.05. The topological polar surface area (TPSA) is 26.3 Å². The molecule has 66 valence electrons. The Labute approximate surface area is 76.4 Å². The summed E-state index contributed by atoms with van der Waals surface area (Å²) in [6.07, 6.45) is 2.34. The zero-order chi connectivity index (χ0) is 8.69. The SMILES string of the molecule is CCCOC(=O)CC(Br)CC. The Morgan fingerprint density at radius 3 is 2.64 bits per heavy atom. The van der Waals surface area contributed by atoms with Crippen LogP contribution >= 0.6 is 15.9 Å². The fourth-order valence-electron chi connectivity index (χ4n) is 0.600. The molecule has 0 aliphatic carbocycles. The second-order valence-electron chi connectivity index (χ2n) is 2.43. The van der Waals surface area contributed by atoms with E-state index < -0.39 is 0 Å². The van der Waals surface area contributed by atoms with Gasteiger partial charge in [-0.15, -0.1) is 0 Å². The van der Waals surface area contributed by atoms with E-state index in [0.29, 0.717) is 13.0 Å². The van der Waals surface area contributed by atoms with Crippen LogP contribution in [0, 0.1) is 0 Å². The molecule has 0 heterocycles. The van der Waals surface area contributed by atoms with Crippen molar-refractivity contribution in [2.45, 2.75) is 37.9 Å². The normalized spacial score (nSPS) is 12.6. The summed E-state index contributed by atoms with van der Waals surface area (Å²) in [4.78, 5) is 11.2. The zero-order valence-electron chi connectivity index (χ0n) is 7.10. The molecule has 0 aromatic carbocycles. The van der Waals surface area contributed by atoms with Crippen LogP contribution in [0.15, 0.2) is 0 Å². The van der Waals surface area contributed by atoms with Crippen molar-refractivity contribution in [3.8, 4) is 0 Å². The molecule has 0 N–H and O–H groups in total. The summed E-state index contributed by atoms with van der Waals surface area (Å²) < 4.78 is 4.89. The van der Waals surface area contributed by atoms with E-state index in [-0.39, 0.29) is 10.8 Å². The van der Waals surface area contributed by atoms with Crippen LogP contribution in [0.2, 0.25) is 0 Å². The maximum absolute atomic E-state index is 10.9. The molecule has 11 heavy (non-hydrogen) atoms. The van der Waals surface area contributed by atoms with Gasteiger partial charge in [0.2, 0.25) is 0 Å². The molecule has 2 nitrogen and oxygen atoms in total. The number of alkyl halides is 1. The first-order valence-corrected chi connectivity index (χ1v) is 4.92. The van der Waals surface area contributed by atoms with E-state index in [9.17, 15) is 4.79 Å². The summed E-state index contributed by atoms with van der Waals surface area (Å²) >= 11 is 3.37. The van der Waals surface area contributed by atoms with Crippen molar-refractivity contribution in [3.05, 3.63) is 0 Å². The van der Waals surface area contributed by atoms with E-state index >= 15 is 0 Å². The second kappa shape index (κ2) is 6.65. The molecule has 3 heteroatoms. The van der Waals surface area contributed by atoms with E-state index in [1.165, 1.54) is 0 Å². The number of esters is 1. The summed E-state index contributed by atoms with van der Waals surface area (Å²) in [6.45, 7) is 4.56. The average Bonchev–Trinajstić information content (AvgIpc) is 2.00. The van der Waals surface area contributed by atoms with Gasteiger partial charge < -0.3 is 4.74 Å². The number of rotatable bonds is 5. The van der Waals surface area contributed by atoms with Crippen LogP contribution < -0.4 is 0 Å². The number of hydrogen-bond donors (Lipinski definition) is 0. The van der Waals surface area contributed by atoms with Crippen LogP contribution in [0.4, 0.5) is 0 Å². The van der Waals surface area contributed by atoms with Crippen LogP contribution in [0.5, 0.6) is 0 Å². The number of hydrogen-bond acceptors (Lipinski definition) is 2. The van der Waals surface area contributed by atoms with Crippen molar-refractivity contribution >= 4 is 21.9 Å². The maximum Gasteiger partial charge on any atom is 0.306 e. The second-order valence-corrected chi connectivity index (χ2v) is 3.73. The molecule has 0 fully saturated rings. The summed E-state index contributed by atoms with van der Waals surface area (Å²) in [5.74, 6) is -0.101. The third kappa shape index (κ3) is 6.35. The molecule has 0 saturated carbocycles. The van der Waals surface area contributed by atoms with Gasteiger partial charge in [0.05, 0.1) is 13.0 Å². The predicted molar refractivity (Wildman–Crippen MR) is 48.9 cm³/mol. The molecular formula is C8H15BrO2. The van der Waals surface area contributed by atoms with Gasteiger partial charge >= 0.3 is 5.97 Å². The lowest BCUT2D eigenvalue weighted by atomic mass is 10.2. The summed E-state index contributed by atoms with van der Waals surface area (Å²) in [6, 6.07) is 0. The first-order chi connectivity index (χ1) is 5.20. The predicted octanol–water partition coefficient (Wildman–Crippen LogP) is 2.50. The minimum absolute atomic E-state index is 0.101. The molecule has 0 rings (SSSR count). The summed E-state index contributed by atoms with van der Waals surface area (Å²) in [5, 5.41) is 0. The van der Waals surface area contributed by atoms with Crippen molar-refractivity contribution in [3.63, 3.8) is 0 Å². The lowest BCUT2D eigenvalue weighted by Crippen LogP contribution is -2.10. The van der Waals surface area contributed by atoms with Gasteiger partial charge in [-0.2, -0.15) is 0 Å². The van der Waals surface area contributed by atoms with Crippen LogP contribution in [0.3, 0.4) is 0 Å². The van der Waals surface area contributed by atoms with Gasteiger partial charge in [-0.3, -0.25) is 4.79 Å². The van der Waals surface area contributed by atoms with E-state index in [4.69, 9.17) is 4.74 Å². The van der Waals surface area contributed by atoms with E-state index in [1.54, 1.807) is 0 Å². The molecule has 0 aliphatic heterocycles. The molecule has 0 aromatic heterocycles. The maximum atomic E-state index is 10.9. The van der Waals surface area contributed by atoms with Crippen LogP contribution in [0.1, 0.15) is 33.1 Å². The van der Waals surface area contributed by atoms with Crippen LogP contribution in [-0.4, -0.2) is 17.4 Å². The molecule has 1 unspecified atom stereocenters. The number of carbonyl (C=O) groups is 1. The van der Waals surface area contributed by atoms with Gasteiger partial charge in [0.1, 0.15) is 0 Å². The van der Waals surface area contributed by atoms with Crippen molar-refractivity contribution in [2.24, 2.45) is 0 Å². The third-order valence-corrected chi connectivity index (χ3v) is 2.27. The summed E-state index contributed by atoms with van der Waals surface area (Å²) in [5.41, 5.74) is 0. The van der Waals surface area contributed by atoms with Gasteiger partial charge in [0.25, 0.3) is 0 Å². The molecule has 0 spiro atoms. The minimum Gasteiger partial charge on any atom is -0.466 e. The highest BCUT2D eigenvalue weighted by Crippen LogP contribution is 2.09. The number of ether oxygens (including phenoxy) is 1. The van der Waals surface area contributed by atoms with Gasteiger partial charge in [-0.25, -0.2) is 0 Å². The Morgan fingerprint density at radius 2 is 2.18 bits per heavy atom. The molecule has 0 amide bonds.